The van der Waals surface area contributed by atoms with Gasteiger partial charge in [-0.05, 0) is 54.8 Å². The fourth-order valence-electron chi connectivity index (χ4n) is 4.70. The van der Waals surface area contributed by atoms with Gasteiger partial charge in [0.25, 0.3) is 11.7 Å². The third-order valence-electron chi connectivity index (χ3n) is 6.25. The fraction of sp³-hybridized carbons (Fsp3) is 0.269. The number of hydrogen-bond acceptors (Lipinski definition) is 5. The number of rotatable bonds is 6. The summed E-state index contributed by atoms with van der Waals surface area (Å²) in [5.74, 6) is -0.652. The molecule has 8 heteroatoms. The number of imidazole rings is 1. The smallest absolute Gasteiger partial charge is 0.295 e. The van der Waals surface area contributed by atoms with Gasteiger partial charge in [0.15, 0.2) is 0 Å². The summed E-state index contributed by atoms with van der Waals surface area (Å²) in [6, 6.07) is 12.2. The number of carbonyl (C=O) groups excluding carboxylic acids is 2. The van der Waals surface area contributed by atoms with Crippen molar-refractivity contribution in [1.82, 2.24) is 14.5 Å². The van der Waals surface area contributed by atoms with Crippen LogP contribution in [0.1, 0.15) is 36.1 Å². The summed E-state index contributed by atoms with van der Waals surface area (Å²) in [6.07, 6.45) is 6.72. The average molecular weight is 522 g/mol. The maximum absolute atomic E-state index is 13.2. The molecule has 2 aromatic carbocycles. The van der Waals surface area contributed by atoms with Gasteiger partial charge in [0.1, 0.15) is 17.6 Å². The van der Waals surface area contributed by atoms with E-state index in [1.807, 2.05) is 54.1 Å². The van der Waals surface area contributed by atoms with Gasteiger partial charge in [-0.1, -0.05) is 28.1 Å². The van der Waals surface area contributed by atoms with Crippen molar-refractivity contribution in [2.24, 2.45) is 0 Å². The molecule has 3 heterocycles. The maximum atomic E-state index is 13.2. The lowest BCUT2D eigenvalue weighted by atomic mass is 9.94. The van der Waals surface area contributed by atoms with E-state index in [9.17, 15) is 14.7 Å². The number of Topliss-reactive ketones (excluding diaryl/α,β-unsaturated/α-hetero) is 1. The second-order valence-electron chi connectivity index (χ2n) is 8.66. The van der Waals surface area contributed by atoms with Gasteiger partial charge in [0.2, 0.25) is 0 Å². The van der Waals surface area contributed by atoms with Crippen molar-refractivity contribution in [3.05, 3.63) is 87.9 Å². The molecule has 1 aromatic heterocycles. The molecular weight excluding hydrogens is 498 g/mol. The Kier molecular flexibility index (Phi) is 6.00. The van der Waals surface area contributed by atoms with Crippen LogP contribution in [0.15, 0.2) is 71.2 Å². The third kappa shape index (κ3) is 4.14. The van der Waals surface area contributed by atoms with Crippen LogP contribution in [0.25, 0.3) is 5.76 Å². The molecule has 0 aliphatic carbocycles. The van der Waals surface area contributed by atoms with Crippen molar-refractivity contribution in [2.75, 3.05) is 6.54 Å². The Morgan fingerprint density at radius 2 is 2.06 bits per heavy atom. The monoisotopic (exact) mass is 521 g/mol. The zero-order chi connectivity index (χ0) is 23.8. The SMILES string of the molecule is C[C@H]1Cc2cc(C(O)=C3C(=O)C(=O)N(CCCn4ccnc4)[C@@H]3c3cccc(Br)c3)ccc2O1. The van der Waals surface area contributed by atoms with Crippen LogP contribution in [-0.4, -0.2) is 43.9 Å². The van der Waals surface area contributed by atoms with Crippen molar-refractivity contribution in [3.63, 3.8) is 0 Å². The molecule has 1 fully saturated rings. The van der Waals surface area contributed by atoms with Crippen LogP contribution in [0, 0.1) is 0 Å². The molecule has 1 amide bonds. The number of ether oxygens (including phenoxy) is 1. The minimum Gasteiger partial charge on any atom is -0.507 e. The Balaban J connectivity index is 1.53. The summed E-state index contributed by atoms with van der Waals surface area (Å²) in [6.45, 7) is 3.02. The number of benzene rings is 2. The minimum absolute atomic E-state index is 0.0649. The molecule has 2 atom stereocenters. The lowest BCUT2D eigenvalue weighted by Gasteiger charge is -2.25. The van der Waals surface area contributed by atoms with Crippen LogP contribution < -0.4 is 4.74 Å². The van der Waals surface area contributed by atoms with Crippen molar-refractivity contribution < 1.29 is 19.4 Å². The maximum Gasteiger partial charge on any atom is 0.295 e. The number of halogens is 1. The van der Waals surface area contributed by atoms with Gasteiger partial charge in [-0.15, -0.1) is 0 Å². The Labute approximate surface area is 205 Å². The highest BCUT2D eigenvalue weighted by atomic mass is 79.9. The van der Waals surface area contributed by atoms with E-state index in [2.05, 4.69) is 20.9 Å². The fourth-order valence-corrected chi connectivity index (χ4v) is 5.12. The summed E-state index contributed by atoms with van der Waals surface area (Å²) in [5, 5.41) is 11.3. The molecule has 0 bridgehead atoms. The van der Waals surface area contributed by atoms with E-state index < -0.39 is 17.7 Å². The number of ketones is 1. The van der Waals surface area contributed by atoms with E-state index in [0.29, 0.717) is 25.1 Å². The number of aryl methyl sites for hydroxylation is 1. The first-order chi connectivity index (χ1) is 16.4. The Hall–Kier alpha value is -3.39. The normalized spacial score (nSPS) is 21.1. The van der Waals surface area contributed by atoms with Gasteiger partial charge in [-0.3, -0.25) is 9.59 Å². The first-order valence-corrected chi connectivity index (χ1v) is 12.0. The molecule has 34 heavy (non-hydrogen) atoms. The largest absolute Gasteiger partial charge is 0.507 e. The molecule has 5 rings (SSSR count). The average Bonchev–Trinajstić information content (AvgIpc) is 3.52. The van der Waals surface area contributed by atoms with E-state index in [1.165, 1.54) is 0 Å². The first kappa shape index (κ1) is 22.4. The molecular formula is C26H24BrN3O4. The van der Waals surface area contributed by atoms with E-state index >= 15 is 0 Å². The Morgan fingerprint density at radius 1 is 1.21 bits per heavy atom. The highest BCUT2D eigenvalue weighted by molar-refractivity contribution is 9.10. The molecule has 1 saturated heterocycles. The predicted molar refractivity (Wildman–Crippen MR) is 130 cm³/mol. The van der Waals surface area contributed by atoms with E-state index in [1.54, 1.807) is 23.5 Å². The van der Waals surface area contributed by atoms with Crippen molar-refractivity contribution in [1.29, 1.82) is 0 Å². The van der Waals surface area contributed by atoms with Crippen LogP contribution >= 0.6 is 15.9 Å². The predicted octanol–water partition coefficient (Wildman–Crippen LogP) is 4.48. The van der Waals surface area contributed by atoms with Crippen molar-refractivity contribution in [2.45, 2.75) is 38.5 Å². The number of amides is 1. The number of carbonyl (C=O) groups is 2. The second-order valence-corrected chi connectivity index (χ2v) is 9.57. The van der Waals surface area contributed by atoms with Gasteiger partial charge in [-0.25, -0.2) is 4.98 Å². The van der Waals surface area contributed by atoms with Crippen molar-refractivity contribution >= 4 is 33.4 Å². The molecule has 0 radical (unpaired) electrons. The van der Waals surface area contributed by atoms with Gasteiger partial charge < -0.3 is 19.3 Å². The molecule has 7 nitrogen and oxygen atoms in total. The summed E-state index contributed by atoms with van der Waals surface area (Å²) >= 11 is 3.49. The van der Waals surface area contributed by atoms with Crippen LogP contribution in [0.5, 0.6) is 5.75 Å². The van der Waals surface area contributed by atoms with Gasteiger partial charge in [0.05, 0.1) is 17.9 Å². The summed E-state index contributed by atoms with van der Waals surface area (Å²) in [7, 11) is 0. The summed E-state index contributed by atoms with van der Waals surface area (Å²) in [4.78, 5) is 31.9. The molecule has 3 aromatic rings. The van der Waals surface area contributed by atoms with E-state index in [-0.39, 0.29) is 17.4 Å². The number of nitrogens with zero attached hydrogens (tertiary/aromatic N) is 3. The van der Waals surface area contributed by atoms with Crippen LogP contribution in [0.2, 0.25) is 0 Å². The minimum atomic E-state index is -0.677. The summed E-state index contributed by atoms with van der Waals surface area (Å²) < 4.78 is 8.52. The van der Waals surface area contributed by atoms with Gasteiger partial charge in [0, 0.05) is 41.9 Å². The highest BCUT2D eigenvalue weighted by Crippen LogP contribution is 2.41. The topological polar surface area (TPSA) is 84.7 Å². The highest BCUT2D eigenvalue weighted by Gasteiger charge is 2.45. The van der Waals surface area contributed by atoms with Crippen LogP contribution in [0.3, 0.4) is 0 Å². The lowest BCUT2D eigenvalue weighted by molar-refractivity contribution is -0.139. The van der Waals surface area contributed by atoms with Gasteiger partial charge >= 0.3 is 0 Å². The van der Waals surface area contributed by atoms with E-state index in [0.717, 1.165) is 27.8 Å². The van der Waals surface area contributed by atoms with E-state index in [4.69, 9.17) is 4.74 Å². The van der Waals surface area contributed by atoms with Crippen LogP contribution in [-0.2, 0) is 22.6 Å². The quantitative estimate of drug-likeness (QED) is 0.293. The number of hydrogen-bond donors (Lipinski definition) is 1. The Morgan fingerprint density at radius 3 is 2.82 bits per heavy atom. The summed E-state index contributed by atoms with van der Waals surface area (Å²) in [5.41, 5.74) is 2.35. The molecule has 0 spiro atoms. The number of likely N-dealkylation sites (tertiary alicyclic amines) is 1. The first-order valence-electron chi connectivity index (χ1n) is 11.2. The number of aromatic nitrogens is 2. The van der Waals surface area contributed by atoms with Crippen molar-refractivity contribution in [3.8, 4) is 5.75 Å². The molecule has 1 N–H and O–H groups in total. The standard InChI is InChI=1S/C26H24BrN3O4/c1-16-12-19-13-18(6-7-21(19)34-16)24(31)22-23(17-4-2-5-20(27)14-17)30(26(33)25(22)32)10-3-9-29-11-8-28-15-29/h2,4-8,11,13-16,23,31H,3,9-10,12H2,1H3/t16-,23+/m0/s1. The molecule has 0 saturated carbocycles. The molecule has 174 valence electrons. The molecule has 0 unspecified atom stereocenters. The third-order valence-corrected chi connectivity index (χ3v) is 6.74. The van der Waals surface area contributed by atoms with Gasteiger partial charge in [-0.2, -0.15) is 0 Å². The second kappa shape index (κ2) is 9.10. The molecule has 2 aliphatic rings. The zero-order valence-electron chi connectivity index (χ0n) is 18.6. The Bertz CT molecular complexity index is 1280. The number of fused-ring (bicyclic) bond motifs is 1. The number of aliphatic hydroxyl groups excluding tert-OH is 1. The lowest BCUT2D eigenvalue weighted by Crippen LogP contribution is -2.31. The zero-order valence-corrected chi connectivity index (χ0v) is 20.2. The van der Waals surface area contributed by atoms with Crippen LogP contribution in [0.4, 0.5) is 0 Å². The number of aliphatic hydroxyl groups is 1. The molecule has 2 aliphatic heterocycles.